The highest BCUT2D eigenvalue weighted by Gasteiger charge is 2.16. The Morgan fingerprint density at radius 1 is 1.12 bits per heavy atom. The fourth-order valence-electron chi connectivity index (χ4n) is 2.03. The summed E-state index contributed by atoms with van der Waals surface area (Å²) in [5.74, 6) is -0.136. The Morgan fingerprint density at radius 3 is 2.38 bits per heavy atom. The zero-order chi connectivity index (χ0) is 11.4. The van der Waals surface area contributed by atoms with Crippen molar-refractivity contribution in [3.05, 3.63) is 35.4 Å². The molecule has 0 aromatic heterocycles. The van der Waals surface area contributed by atoms with Gasteiger partial charge in [-0.3, -0.25) is 0 Å². The lowest BCUT2D eigenvalue weighted by Crippen LogP contribution is -2.21. The zero-order valence-corrected chi connectivity index (χ0v) is 9.31. The van der Waals surface area contributed by atoms with E-state index in [0.717, 1.165) is 18.5 Å². The number of benzene rings is 1. The van der Waals surface area contributed by atoms with Gasteiger partial charge in [0.1, 0.15) is 11.6 Å². The van der Waals surface area contributed by atoms with Gasteiger partial charge in [0.2, 0.25) is 0 Å². The highest BCUT2D eigenvalue weighted by molar-refractivity contribution is 5.17. The first-order valence-corrected chi connectivity index (χ1v) is 5.90. The highest BCUT2D eigenvalue weighted by atomic mass is 19.1. The SMILES string of the molecule is Fc1cc(F)cc(CNCCC2CCC2)c1. The highest BCUT2D eigenvalue weighted by Crippen LogP contribution is 2.28. The van der Waals surface area contributed by atoms with Gasteiger partial charge in [-0.2, -0.15) is 0 Å². The van der Waals surface area contributed by atoms with Crippen LogP contribution >= 0.6 is 0 Å². The Bertz CT molecular complexity index is 328. The molecule has 0 heterocycles. The molecular formula is C13H17F2N. The van der Waals surface area contributed by atoms with Crippen molar-refractivity contribution in [3.63, 3.8) is 0 Å². The first-order valence-electron chi connectivity index (χ1n) is 5.90. The molecule has 0 aliphatic heterocycles. The maximum absolute atomic E-state index is 12.9. The minimum absolute atomic E-state index is 0.504. The van der Waals surface area contributed by atoms with E-state index in [1.54, 1.807) is 0 Å². The monoisotopic (exact) mass is 225 g/mol. The average Bonchev–Trinajstić information content (AvgIpc) is 2.13. The second kappa shape index (κ2) is 5.39. The maximum Gasteiger partial charge on any atom is 0.126 e. The first kappa shape index (κ1) is 11.5. The summed E-state index contributed by atoms with van der Waals surface area (Å²) >= 11 is 0. The number of hydrogen-bond donors (Lipinski definition) is 1. The lowest BCUT2D eigenvalue weighted by molar-refractivity contribution is 0.292. The Hall–Kier alpha value is -0.960. The van der Waals surface area contributed by atoms with Gasteiger partial charge in [-0.1, -0.05) is 19.3 Å². The van der Waals surface area contributed by atoms with Crippen molar-refractivity contribution in [1.29, 1.82) is 0 Å². The predicted molar refractivity (Wildman–Crippen MR) is 60.0 cm³/mol. The van der Waals surface area contributed by atoms with Crippen LogP contribution in [0, 0.1) is 17.6 Å². The number of hydrogen-bond acceptors (Lipinski definition) is 1. The van der Waals surface area contributed by atoms with Gasteiger partial charge in [0.05, 0.1) is 0 Å². The summed E-state index contributed by atoms with van der Waals surface area (Å²) < 4.78 is 25.7. The Labute approximate surface area is 94.9 Å². The molecule has 1 aromatic rings. The molecule has 16 heavy (non-hydrogen) atoms. The summed E-state index contributed by atoms with van der Waals surface area (Å²) in [5, 5.41) is 3.22. The van der Waals surface area contributed by atoms with Gasteiger partial charge in [0, 0.05) is 12.6 Å². The molecule has 1 saturated carbocycles. The van der Waals surface area contributed by atoms with E-state index >= 15 is 0 Å². The Morgan fingerprint density at radius 2 is 1.81 bits per heavy atom. The molecule has 0 spiro atoms. The average molecular weight is 225 g/mol. The summed E-state index contributed by atoms with van der Waals surface area (Å²) in [6.07, 6.45) is 5.23. The van der Waals surface area contributed by atoms with Gasteiger partial charge in [0.15, 0.2) is 0 Å². The fourth-order valence-corrected chi connectivity index (χ4v) is 2.03. The van der Waals surface area contributed by atoms with Gasteiger partial charge >= 0.3 is 0 Å². The third kappa shape index (κ3) is 3.27. The zero-order valence-electron chi connectivity index (χ0n) is 9.31. The van der Waals surface area contributed by atoms with Crippen molar-refractivity contribution in [3.8, 4) is 0 Å². The quantitative estimate of drug-likeness (QED) is 0.758. The molecule has 0 atom stereocenters. The third-order valence-corrected chi connectivity index (χ3v) is 3.21. The van der Waals surface area contributed by atoms with Crippen LogP contribution in [-0.4, -0.2) is 6.54 Å². The minimum atomic E-state index is -0.504. The van der Waals surface area contributed by atoms with Crippen LogP contribution in [0.15, 0.2) is 18.2 Å². The molecule has 2 rings (SSSR count). The molecule has 1 N–H and O–H groups in total. The van der Waals surface area contributed by atoms with Gasteiger partial charge in [-0.15, -0.1) is 0 Å². The standard InChI is InChI=1S/C13H17F2N/c14-12-6-11(7-13(15)8-12)9-16-5-4-10-2-1-3-10/h6-8,10,16H,1-5,9H2. The molecular weight excluding hydrogens is 208 g/mol. The first-order chi connectivity index (χ1) is 7.74. The second-order valence-electron chi connectivity index (χ2n) is 4.54. The van der Waals surface area contributed by atoms with Crippen LogP contribution in [0.25, 0.3) is 0 Å². The molecule has 0 saturated heterocycles. The van der Waals surface area contributed by atoms with Crippen LogP contribution in [0.5, 0.6) is 0 Å². The van der Waals surface area contributed by atoms with Crippen LogP contribution in [0.3, 0.4) is 0 Å². The molecule has 1 aliphatic rings. The molecule has 88 valence electrons. The molecule has 0 radical (unpaired) electrons. The number of rotatable bonds is 5. The summed E-state index contributed by atoms with van der Waals surface area (Å²) in [7, 11) is 0. The van der Waals surface area contributed by atoms with Crippen molar-refractivity contribution in [2.45, 2.75) is 32.2 Å². The Kier molecular flexibility index (Phi) is 3.88. The maximum atomic E-state index is 12.9. The summed E-state index contributed by atoms with van der Waals surface area (Å²) in [6.45, 7) is 1.48. The lowest BCUT2D eigenvalue weighted by Gasteiger charge is -2.25. The van der Waals surface area contributed by atoms with Crippen molar-refractivity contribution in [1.82, 2.24) is 5.32 Å². The van der Waals surface area contributed by atoms with Crippen LogP contribution in [-0.2, 0) is 6.54 Å². The minimum Gasteiger partial charge on any atom is -0.313 e. The number of nitrogens with one attached hydrogen (secondary N) is 1. The third-order valence-electron chi connectivity index (χ3n) is 3.21. The van der Waals surface area contributed by atoms with Crippen molar-refractivity contribution in [2.24, 2.45) is 5.92 Å². The summed E-state index contributed by atoms with van der Waals surface area (Å²) in [5.41, 5.74) is 0.672. The Balaban J connectivity index is 1.71. The smallest absolute Gasteiger partial charge is 0.126 e. The number of halogens is 2. The van der Waals surface area contributed by atoms with E-state index in [1.165, 1.54) is 37.8 Å². The van der Waals surface area contributed by atoms with E-state index in [2.05, 4.69) is 5.32 Å². The van der Waals surface area contributed by atoms with Gasteiger partial charge in [-0.25, -0.2) is 8.78 Å². The molecule has 1 fully saturated rings. The van der Waals surface area contributed by atoms with Gasteiger partial charge in [0.25, 0.3) is 0 Å². The van der Waals surface area contributed by atoms with E-state index in [-0.39, 0.29) is 0 Å². The molecule has 1 nitrogen and oxygen atoms in total. The summed E-state index contributed by atoms with van der Waals surface area (Å²) in [6, 6.07) is 3.65. The summed E-state index contributed by atoms with van der Waals surface area (Å²) in [4.78, 5) is 0. The normalized spacial score (nSPS) is 16.1. The topological polar surface area (TPSA) is 12.0 Å². The van der Waals surface area contributed by atoms with Crippen LogP contribution in [0.1, 0.15) is 31.2 Å². The van der Waals surface area contributed by atoms with E-state index in [9.17, 15) is 8.78 Å². The van der Waals surface area contributed by atoms with Crippen LogP contribution in [0.4, 0.5) is 8.78 Å². The van der Waals surface area contributed by atoms with Gasteiger partial charge in [-0.05, 0) is 36.6 Å². The molecule has 0 unspecified atom stereocenters. The largest absolute Gasteiger partial charge is 0.313 e. The van der Waals surface area contributed by atoms with E-state index < -0.39 is 11.6 Å². The second-order valence-corrected chi connectivity index (χ2v) is 4.54. The predicted octanol–water partition coefficient (Wildman–Crippen LogP) is 3.24. The molecule has 0 amide bonds. The fraction of sp³-hybridized carbons (Fsp3) is 0.538. The molecule has 1 aliphatic carbocycles. The van der Waals surface area contributed by atoms with E-state index in [1.807, 2.05) is 0 Å². The van der Waals surface area contributed by atoms with Crippen molar-refractivity contribution in [2.75, 3.05) is 6.54 Å². The van der Waals surface area contributed by atoms with Crippen molar-refractivity contribution < 1.29 is 8.78 Å². The molecule has 3 heteroatoms. The van der Waals surface area contributed by atoms with E-state index in [4.69, 9.17) is 0 Å². The lowest BCUT2D eigenvalue weighted by atomic mass is 9.83. The molecule has 1 aromatic carbocycles. The van der Waals surface area contributed by atoms with Crippen molar-refractivity contribution >= 4 is 0 Å². The van der Waals surface area contributed by atoms with E-state index in [0.29, 0.717) is 12.1 Å². The molecule has 0 bridgehead atoms. The van der Waals surface area contributed by atoms with Crippen LogP contribution < -0.4 is 5.32 Å². The van der Waals surface area contributed by atoms with Crippen LogP contribution in [0.2, 0.25) is 0 Å². The van der Waals surface area contributed by atoms with Gasteiger partial charge < -0.3 is 5.32 Å².